The van der Waals surface area contributed by atoms with Crippen molar-refractivity contribution >= 4 is 29.9 Å². The van der Waals surface area contributed by atoms with Crippen LogP contribution in [0.5, 0.6) is 11.5 Å². The van der Waals surface area contributed by atoms with Crippen LogP contribution in [-0.2, 0) is 6.54 Å². The van der Waals surface area contributed by atoms with Crippen LogP contribution in [0.25, 0.3) is 0 Å². The zero-order valence-electron chi connectivity index (χ0n) is 18.0. The molecule has 2 rings (SSSR count). The van der Waals surface area contributed by atoms with Crippen LogP contribution in [0.1, 0.15) is 18.9 Å². The summed E-state index contributed by atoms with van der Waals surface area (Å²) in [6, 6.07) is 5.66. The van der Waals surface area contributed by atoms with E-state index in [0.29, 0.717) is 32.7 Å². The van der Waals surface area contributed by atoms with Crippen molar-refractivity contribution in [3.05, 3.63) is 23.8 Å². The molecule has 1 unspecified atom stereocenters. The van der Waals surface area contributed by atoms with Gasteiger partial charge in [-0.05, 0) is 37.9 Å². The summed E-state index contributed by atoms with van der Waals surface area (Å²) in [5, 5.41) is 3.25. The van der Waals surface area contributed by atoms with Gasteiger partial charge >= 0.3 is 6.18 Å². The first-order chi connectivity index (χ1) is 13.8. The molecule has 1 fully saturated rings. The highest BCUT2D eigenvalue weighted by Crippen LogP contribution is 2.26. The van der Waals surface area contributed by atoms with Gasteiger partial charge in [-0.15, -0.1) is 24.0 Å². The monoisotopic (exact) mass is 544 g/mol. The van der Waals surface area contributed by atoms with Gasteiger partial charge in [-0.25, -0.2) is 0 Å². The zero-order valence-corrected chi connectivity index (χ0v) is 20.3. The molecule has 10 heteroatoms. The van der Waals surface area contributed by atoms with Crippen LogP contribution >= 0.6 is 24.0 Å². The van der Waals surface area contributed by atoms with Gasteiger partial charge in [-0.3, -0.25) is 9.89 Å². The van der Waals surface area contributed by atoms with E-state index in [4.69, 9.17) is 9.47 Å². The Balaban J connectivity index is 0.00000450. The number of nitrogens with one attached hydrogen (secondary N) is 1. The molecule has 0 spiro atoms. The number of ether oxygens (including phenoxy) is 2. The van der Waals surface area contributed by atoms with E-state index >= 15 is 0 Å². The van der Waals surface area contributed by atoms with Crippen LogP contribution in [0.2, 0.25) is 0 Å². The third-order valence-electron chi connectivity index (χ3n) is 4.87. The number of rotatable bonds is 8. The first-order valence-electron chi connectivity index (χ1n) is 9.75. The minimum atomic E-state index is -4.15. The van der Waals surface area contributed by atoms with Crippen molar-refractivity contribution in [2.75, 3.05) is 54.0 Å². The molecular formula is C20H32F3IN4O2. The van der Waals surface area contributed by atoms with E-state index in [1.54, 1.807) is 14.2 Å². The fourth-order valence-electron chi connectivity index (χ4n) is 3.46. The lowest BCUT2D eigenvalue weighted by Gasteiger charge is -2.24. The number of benzene rings is 1. The minimum Gasteiger partial charge on any atom is -0.497 e. The largest absolute Gasteiger partial charge is 0.497 e. The molecule has 30 heavy (non-hydrogen) atoms. The molecule has 1 aromatic carbocycles. The fraction of sp³-hybridized carbons (Fsp3) is 0.650. The number of alkyl halides is 3. The highest BCUT2D eigenvalue weighted by Gasteiger charge is 2.34. The first kappa shape index (κ1) is 26.6. The Morgan fingerprint density at radius 1 is 1.30 bits per heavy atom. The minimum absolute atomic E-state index is 0. The molecule has 1 aliphatic heterocycles. The molecule has 0 amide bonds. The summed E-state index contributed by atoms with van der Waals surface area (Å²) >= 11 is 0. The molecule has 0 saturated carbocycles. The fourth-order valence-corrected chi connectivity index (χ4v) is 3.46. The number of nitrogens with zero attached hydrogens (tertiary/aromatic N) is 3. The average Bonchev–Trinajstić information content (AvgIpc) is 3.10. The summed E-state index contributed by atoms with van der Waals surface area (Å²) < 4.78 is 48.4. The number of likely N-dealkylation sites (tertiary alicyclic amines) is 1. The summed E-state index contributed by atoms with van der Waals surface area (Å²) in [4.78, 5) is 8.11. The summed E-state index contributed by atoms with van der Waals surface area (Å²) in [7, 11) is 5.15. The van der Waals surface area contributed by atoms with Crippen LogP contribution in [0.3, 0.4) is 0 Å². The van der Waals surface area contributed by atoms with E-state index in [0.717, 1.165) is 29.4 Å². The molecule has 0 aromatic heterocycles. The van der Waals surface area contributed by atoms with Gasteiger partial charge in [0.25, 0.3) is 0 Å². The van der Waals surface area contributed by atoms with E-state index in [9.17, 15) is 13.2 Å². The van der Waals surface area contributed by atoms with E-state index in [1.807, 2.05) is 37.1 Å². The van der Waals surface area contributed by atoms with Crippen molar-refractivity contribution in [2.24, 2.45) is 10.9 Å². The molecule has 0 radical (unpaired) electrons. The molecule has 1 saturated heterocycles. The first-order valence-corrected chi connectivity index (χ1v) is 9.75. The van der Waals surface area contributed by atoms with Crippen LogP contribution in [0.4, 0.5) is 13.2 Å². The number of hydrogen-bond donors (Lipinski definition) is 1. The van der Waals surface area contributed by atoms with Crippen molar-refractivity contribution in [2.45, 2.75) is 26.1 Å². The van der Waals surface area contributed by atoms with E-state index < -0.39 is 12.7 Å². The highest BCUT2D eigenvalue weighted by molar-refractivity contribution is 14.0. The highest BCUT2D eigenvalue weighted by atomic mass is 127. The molecule has 1 atom stereocenters. The molecule has 6 nitrogen and oxygen atoms in total. The molecule has 1 heterocycles. The van der Waals surface area contributed by atoms with Crippen LogP contribution in [0.15, 0.2) is 23.2 Å². The van der Waals surface area contributed by atoms with Gasteiger partial charge in [0.1, 0.15) is 11.5 Å². The van der Waals surface area contributed by atoms with E-state index in [-0.39, 0.29) is 29.9 Å². The van der Waals surface area contributed by atoms with Crippen LogP contribution in [0, 0.1) is 5.92 Å². The van der Waals surface area contributed by atoms with Gasteiger partial charge in [0, 0.05) is 44.9 Å². The maximum absolute atomic E-state index is 12.6. The third-order valence-corrected chi connectivity index (χ3v) is 4.87. The Hall–Kier alpha value is -1.43. The lowest BCUT2D eigenvalue weighted by atomic mass is 10.1. The Morgan fingerprint density at radius 2 is 2.03 bits per heavy atom. The summed E-state index contributed by atoms with van der Waals surface area (Å²) in [5.74, 6) is 2.30. The van der Waals surface area contributed by atoms with Gasteiger partial charge in [0.05, 0.1) is 20.8 Å². The second-order valence-corrected chi connectivity index (χ2v) is 7.23. The number of methoxy groups -OCH3 is 2. The van der Waals surface area contributed by atoms with Gasteiger partial charge in [0.2, 0.25) is 0 Å². The number of hydrogen-bond acceptors (Lipinski definition) is 4. The van der Waals surface area contributed by atoms with Crippen molar-refractivity contribution in [1.82, 2.24) is 15.1 Å². The van der Waals surface area contributed by atoms with Crippen LogP contribution in [-0.4, -0.2) is 75.9 Å². The van der Waals surface area contributed by atoms with Crippen molar-refractivity contribution in [1.29, 1.82) is 0 Å². The predicted molar refractivity (Wildman–Crippen MR) is 123 cm³/mol. The maximum Gasteiger partial charge on any atom is 0.401 e. The van der Waals surface area contributed by atoms with Gasteiger partial charge in [-0.2, -0.15) is 13.2 Å². The molecule has 1 aromatic rings. The Bertz CT molecular complexity index is 689. The number of aliphatic imine (C=N–C) groups is 1. The Morgan fingerprint density at radius 3 is 2.63 bits per heavy atom. The second kappa shape index (κ2) is 12.4. The summed E-state index contributed by atoms with van der Waals surface area (Å²) in [6.07, 6.45) is -3.42. The smallest absolute Gasteiger partial charge is 0.401 e. The molecular weight excluding hydrogens is 512 g/mol. The summed E-state index contributed by atoms with van der Waals surface area (Å²) in [5.41, 5.74) is 0.985. The van der Waals surface area contributed by atoms with Gasteiger partial charge < -0.3 is 19.7 Å². The SMILES string of the molecule is CCNC(=NCC1CCN(CC(F)(F)F)C1)N(C)Cc1ccc(OC)cc1OC.I. The normalized spacial score (nSPS) is 17.4. The lowest BCUT2D eigenvalue weighted by molar-refractivity contribution is -0.143. The van der Waals surface area contributed by atoms with Gasteiger partial charge in [-0.1, -0.05) is 0 Å². The number of halogens is 4. The second-order valence-electron chi connectivity index (χ2n) is 7.23. The zero-order chi connectivity index (χ0) is 21.4. The van der Waals surface area contributed by atoms with Gasteiger partial charge in [0.15, 0.2) is 5.96 Å². The molecule has 172 valence electrons. The van der Waals surface area contributed by atoms with Crippen molar-refractivity contribution < 1.29 is 22.6 Å². The average molecular weight is 544 g/mol. The third kappa shape index (κ3) is 8.37. The van der Waals surface area contributed by atoms with E-state index in [2.05, 4.69) is 10.3 Å². The molecule has 0 aliphatic carbocycles. The Kier molecular flexibility index (Phi) is 11.0. The predicted octanol–water partition coefficient (Wildman–Crippen LogP) is 3.60. The van der Waals surface area contributed by atoms with Crippen molar-refractivity contribution in [3.63, 3.8) is 0 Å². The summed E-state index contributed by atoms with van der Waals surface area (Å²) in [6.45, 7) is 3.81. The number of guanidine groups is 1. The molecule has 1 N–H and O–H groups in total. The van der Waals surface area contributed by atoms with Crippen LogP contribution < -0.4 is 14.8 Å². The molecule has 1 aliphatic rings. The lowest BCUT2D eigenvalue weighted by Crippen LogP contribution is -2.39. The van der Waals surface area contributed by atoms with E-state index in [1.165, 1.54) is 4.90 Å². The quantitative estimate of drug-likeness (QED) is 0.308. The molecule has 0 bridgehead atoms. The standard InChI is InChI=1S/C20H31F3N4O2.HI/c1-5-24-19(25-11-15-8-9-27(12-15)14-20(21,22)23)26(2)13-16-6-7-17(28-3)10-18(16)29-4;/h6-7,10,15H,5,8-9,11-14H2,1-4H3,(H,24,25);1H. The Labute approximate surface area is 193 Å². The maximum atomic E-state index is 12.6. The topological polar surface area (TPSA) is 49.3 Å². The van der Waals surface area contributed by atoms with Crippen molar-refractivity contribution in [3.8, 4) is 11.5 Å².